The van der Waals surface area contributed by atoms with Crippen molar-refractivity contribution >= 4 is 0 Å². The summed E-state index contributed by atoms with van der Waals surface area (Å²) in [5, 5.41) is 3.55. The second kappa shape index (κ2) is 4.04. The minimum atomic E-state index is 0.543. The van der Waals surface area contributed by atoms with E-state index in [1.54, 1.807) is 0 Å². The number of nitrogens with one attached hydrogen (secondary N) is 1. The molecule has 86 valence electrons. The van der Waals surface area contributed by atoms with Crippen molar-refractivity contribution in [3.63, 3.8) is 0 Å². The van der Waals surface area contributed by atoms with Crippen LogP contribution in [0.1, 0.15) is 26.2 Å². The topological polar surface area (TPSA) is 24.5 Å². The fraction of sp³-hybridized carbons (Fsp3) is 1.00. The van der Waals surface area contributed by atoms with Gasteiger partial charge in [0.05, 0.1) is 12.2 Å². The van der Waals surface area contributed by atoms with Crippen LogP contribution in [0.5, 0.6) is 0 Å². The monoisotopic (exact) mass is 210 g/mol. The van der Waals surface area contributed by atoms with Gasteiger partial charge < -0.3 is 10.1 Å². The highest BCUT2D eigenvalue weighted by Crippen LogP contribution is 2.29. The van der Waals surface area contributed by atoms with Gasteiger partial charge in [-0.3, -0.25) is 4.90 Å². The third kappa shape index (κ3) is 2.05. The quantitative estimate of drug-likeness (QED) is 0.694. The summed E-state index contributed by atoms with van der Waals surface area (Å²) in [6.07, 6.45) is 5.03. The van der Waals surface area contributed by atoms with E-state index in [1.807, 2.05) is 0 Å². The zero-order valence-corrected chi connectivity index (χ0v) is 9.61. The lowest BCUT2D eigenvalue weighted by Gasteiger charge is -2.41. The lowest BCUT2D eigenvalue weighted by atomic mass is 9.96. The number of nitrogens with zero attached hydrogens (tertiary/aromatic N) is 1. The summed E-state index contributed by atoms with van der Waals surface area (Å²) in [4.78, 5) is 2.68. The normalized spacial score (nSPS) is 47.0. The summed E-state index contributed by atoms with van der Waals surface area (Å²) in [6, 6.07) is 0.765. The second-order valence-electron chi connectivity index (χ2n) is 5.56. The molecule has 0 aromatic heterocycles. The SMILES string of the molecule is CC1CNCC(N2CC3CCC(C2)O3)C1. The van der Waals surface area contributed by atoms with Crippen LogP contribution in [0.2, 0.25) is 0 Å². The van der Waals surface area contributed by atoms with E-state index in [0.29, 0.717) is 12.2 Å². The molecule has 4 unspecified atom stereocenters. The molecule has 3 rings (SSSR count). The maximum Gasteiger partial charge on any atom is 0.0707 e. The molecule has 0 radical (unpaired) electrons. The molecule has 0 aromatic rings. The highest BCUT2D eigenvalue weighted by atomic mass is 16.5. The second-order valence-corrected chi connectivity index (χ2v) is 5.56. The average molecular weight is 210 g/mol. The Morgan fingerprint density at radius 3 is 2.53 bits per heavy atom. The minimum Gasteiger partial charge on any atom is -0.372 e. The number of hydrogen-bond donors (Lipinski definition) is 1. The van der Waals surface area contributed by atoms with E-state index in [2.05, 4.69) is 17.1 Å². The molecule has 3 heterocycles. The van der Waals surface area contributed by atoms with Crippen LogP contribution in [0.4, 0.5) is 0 Å². The summed E-state index contributed by atoms with van der Waals surface area (Å²) in [6.45, 7) is 7.09. The van der Waals surface area contributed by atoms with Crippen molar-refractivity contribution in [1.29, 1.82) is 0 Å². The van der Waals surface area contributed by atoms with Crippen molar-refractivity contribution < 1.29 is 4.74 Å². The highest BCUT2D eigenvalue weighted by molar-refractivity contribution is 4.90. The molecule has 0 spiro atoms. The van der Waals surface area contributed by atoms with Gasteiger partial charge in [-0.25, -0.2) is 0 Å². The van der Waals surface area contributed by atoms with Crippen LogP contribution >= 0.6 is 0 Å². The first-order valence-electron chi connectivity index (χ1n) is 6.41. The Balaban J connectivity index is 1.62. The van der Waals surface area contributed by atoms with Gasteiger partial charge in [-0.05, 0) is 31.7 Å². The predicted molar refractivity (Wildman–Crippen MR) is 59.9 cm³/mol. The molecule has 1 N–H and O–H groups in total. The van der Waals surface area contributed by atoms with Gasteiger partial charge in [0.1, 0.15) is 0 Å². The number of likely N-dealkylation sites (tertiary alicyclic amines) is 1. The minimum absolute atomic E-state index is 0.543. The zero-order valence-electron chi connectivity index (χ0n) is 9.61. The molecule has 15 heavy (non-hydrogen) atoms. The molecule has 3 nitrogen and oxygen atoms in total. The number of ether oxygens (including phenoxy) is 1. The number of hydrogen-bond acceptors (Lipinski definition) is 3. The summed E-state index contributed by atoms with van der Waals surface area (Å²) in [5.41, 5.74) is 0. The summed E-state index contributed by atoms with van der Waals surface area (Å²) in [7, 11) is 0. The molecular formula is C12H22N2O. The Kier molecular flexibility index (Phi) is 2.71. The van der Waals surface area contributed by atoms with Crippen molar-refractivity contribution in [2.75, 3.05) is 26.2 Å². The van der Waals surface area contributed by atoms with Gasteiger partial charge in [0.2, 0.25) is 0 Å². The van der Waals surface area contributed by atoms with Crippen molar-refractivity contribution in [1.82, 2.24) is 10.2 Å². The Hall–Kier alpha value is -0.120. The number of piperidine rings is 1. The van der Waals surface area contributed by atoms with Gasteiger partial charge in [0.25, 0.3) is 0 Å². The van der Waals surface area contributed by atoms with E-state index in [1.165, 1.54) is 45.4 Å². The van der Waals surface area contributed by atoms with E-state index in [0.717, 1.165) is 12.0 Å². The molecule has 3 heteroatoms. The van der Waals surface area contributed by atoms with Crippen LogP contribution in [0, 0.1) is 5.92 Å². The molecule has 3 fully saturated rings. The van der Waals surface area contributed by atoms with Crippen LogP contribution in [-0.2, 0) is 4.74 Å². The van der Waals surface area contributed by atoms with Crippen LogP contribution in [0.15, 0.2) is 0 Å². The van der Waals surface area contributed by atoms with Gasteiger partial charge in [-0.15, -0.1) is 0 Å². The largest absolute Gasteiger partial charge is 0.372 e. The van der Waals surface area contributed by atoms with Gasteiger partial charge >= 0.3 is 0 Å². The highest BCUT2D eigenvalue weighted by Gasteiger charge is 2.37. The lowest BCUT2D eigenvalue weighted by Crippen LogP contribution is -2.54. The smallest absolute Gasteiger partial charge is 0.0707 e. The lowest BCUT2D eigenvalue weighted by molar-refractivity contribution is -0.0575. The average Bonchev–Trinajstić information content (AvgIpc) is 2.58. The first-order valence-corrected chi connectivity index (χ1v) is 6.41. The van der Waals surface area contributed by atoms with Crippen molar-refractivity contribution in [2.45, 2.75) is 44.4 Å². The molecule has 0 aromatic carbocycles. The molecular weight excluding hydrogens is 188 g/mol. The Labute approximate surface area is 92.2 Å². The maximum atomic E-state index is 5.88. The zero-order chi connectivity index (χ0) is 10.3. The van der Waals surface area contributed by atoms with Crippen molar-refractivity contribution in [3.05, 3.63) is 0 Å². The third-order valence-corrected chi connectivity index (χ3v) is 4.14. The van der Waals surface area contributed by atoms with Crippen LogP contribution in [0.3, 0.4) is 0 Å². The van der Waals surface area contributed by atoms with Crippen molar-refractivity contribution in [3.8, 4) is 0 Å². The first-order chi connectivity index (χ1) is 7.31. The fourth-order valence-corrected chi connectivity index (χ4v) is 3.35. The standard InChI is InChI=1S/C12H22N2O/c1-9-4-10(6-13-5-9)14-7-11-2-3-12(8-14)15-11/h9-13H,2-8H2,1H3. The molecule has 3 aliphatic heterocycles. The van der Waals surface area contributed by atoms with Gasteiger partial charge in [-0.1, -0.05) is 6.92 Å². The molecule has 0 amide bonds. The summed E-state index contributed by atoms with van der Waals surface area (Å²) in [5.74, 6) is 0.837. The Morgan fingerprint density at radius 2 is 1.87 bits per heavy atom. The van der Waals surface area contributed by atoms with Crippen LogP contribution < -0.4 is 5.32 Å². The van der Waals surface area contributed by atoms with E-state index in [9.17, 15) is 0 Å². The van der Waals surface area contributed by atoms with Crippen LogP contribution in [0.25, 0.3) is 0 Å². The predicted octanol–water partition coefficient (Wildman–Crippen LogP) is 0.848. The summed E-state index contributed by atoms with van der Waals surface area (Å²) < 4.78 is 5.88. The van der Waals surface area contributed by atoms with Crippen molar-refractivity contribution in [2.24, 2.45) is 5.92 Å². The fourth-order valence-electron chi connectivity index (χ4n) is 3.35. The van der Waals surface area contributed by atoms with E-state index in [-0.39, 0.29) is 0 Å². The Bertz CT molecular complexity index is 222. The molecule has 2 bridgehead atoms. The molecule has 3 aliphatic rings. The molecule has 4 atom stereocenters. The summed E-state index contributed by atoms with van der Waals surface area (Å²) >= 11 is 0. The van der Waals surface area contributed by atoms with Gasteiger partial charge in [-0.2, -0.15) is 0 Å². The van der Waals surface area contributed by atoms with Gasteiger partial charge in [0.15, 0.2) is 0 Å². The first kappa shape index (κ1) is 10.1. The Morgan fingerprint density at radius 1 is 1.13 bits per heavy atom. The molecule has 0 saturated carbocycles. The number of morpholine rings is 1. The maximum absolute atomic E-state index is 5.88. The third-order valence-electron chi connectivity index (χ3n) is 4.14. The van der Waals surface area contributed by atoms with Gasteiger partial charge in [0, 0.05) is 25.7 Å². The van der Waals surface area contributed by atoms with E-state index >= 15 is 0 Å². The van der Waals surface area contributed by atoms with E-state index < -0.39 is 0 Å². The van der Waals surface area contributed by atoms with E-state index in [4.69, 9.17) is 4.74 Å². The number of fused-ring (bicyclic) bond motifs is 2. The molecule has 3 saturated heterocycles. The molecule has 0 aliphatic carbocycles. The van der Waals surface area contributed by atoms with Crippen LogP contribution in [-0.4, -0.2) is 49.3 Å². The number of rotatable bonds is 1.